The van der Waals surface area contributed by atoms with E-state index in [-0.39, 0.29) is 111 Å². The largest absolute Gasteiger partial charge is 0.329 e. The summed E-state index contributed by atoms with van der Waals surface area (Å²) in [6.45, 7) is 61.8. The molecule has 5 amide bonds. The molecule has 6 aliphatic carbocycles. The Morgan fingerprint density at radius 2 is 1.11 bits per heavy atom. The van der Waals surface area contributed by atoms with Crippen LogP contribution in [0, 0.1) is 30.1 Å². The van der Waals surface area contributed by atoms with E-state index in [1.54, 1.807) is 49.3 Å². The highest BCUT2D eigenvalue weighted by molar-refractivity contribution is 7.92. The highest BCUT2D eigenvalue weighted by atomic mass is 32.2. The number of hydrogen-bond donors (Lipinski definition) is 5. The van der Waals surface area contributed by atoms with E-state index in [0.29, 0.717) is 72.3 Å². The molecule has 23 nitrogen and oxygen atoms in total. The number of allylic oxidation sites excluding steroid dienone is 21. The number of aliphatic imine (C=N–C) groups is 4. The summed E-state index contributed by atoms with van der Waals surface area (Å²) >= 11 is 0. The van der Waals surface area contributed by atoms with E-state index in [1.807, 2.05) is 164 Å². The smallest absolute Gasteiger partial charge is 0.234 e. The van der Waals surface area contributed by atoms with E-state index in [2.05, 4.69) is 143 Å². The number of aromatic nitrogens is 3. The van der Waals surface area contributed by atoms with Crippen LogP contribution >= 0.6 is 0 Å². The minimum Gasteiger partial charge on any atom is -0.329 e. The second kappa shape index (κ2) is 57.6. The first kappa shape index (κ1) is 118. The maximum absolute atomic E-state index is 12.2. The Labute approximate surface area is 751 Å². The molecule has 8 heterocycles. The van der Waals surface area contributed by atoms with Crippen molar-refractivity contribution in [2.24, 2.45) is 43.1 Å². The van der Waals surface area contributed by atoms with Crippen molar-refractivity contribution in [3.05, 3.63) is 216 Å². The fourth-order valence-electron chi connectivity index (χ4n) is 14.0. The Kier molecular flexibility index (Phi) is 54.5. The lowest BCUT2D eigenvalue weighted by atomic mass is 9.70. The summed E-state index contributed by atoms with van der Waals surface area (Å²) in [6.07, 6.45) is 28.8. The second-order valence-electron chi connectivity index (χ2n) is 30.0. The third-order valence-electron chi connectivity index (χ3n) is 20.4. The molecule has 0 saturated carbocycles. The molecule has 1 saturated heterocycles. The average Bonchev–Trinajstić information content (AvgIpc) is 1.12. The molecule has 4 atom stereocenters. The molecule has 1 fully saturated rings. The fraction of sp³-hybridized carbons (Fsp3) is 0.495. The van der Waals surface area contributed by atoms with Crippen LogP contribution in [0.5, 0.6) is 0 Å². The van der Waals surface area contributed by atoms with Crippen molar-refractivity contribution in [3.8, 4) is 0 Å². The van der Waals surface area contributed by atoms with E-state index in [9.17, 15) is 51.6 Å². The lowest BCUT2D eigenvalue weighted by molar-refractivity contribution is -0.127. The van der Waals surface area contributed by atoms with Gasteiger partial charge in [0.2, 0.25) is 46.9 Å². The number of amidine groups is 2. The monoisotopic (exact) mass is 1740 g/mol. The number of carbonyl (C=O) groups is 9. The minimum atomic E-state index is -2.94. The number of nitrogens with one attached hydrogen (secondary N) is 5. The van der Waals surface area contributed by atoms with Crippen molar-refractivity contribution in [2.45, 2.75) is 288 Å². The summed E-state index contributed by atoms with van der Waals surface area (Å²) in [5.41, 5.74) is 21.2. The molecule has 125 heavy (non-hydrogen) atoms. The zero-order valence-corrected chi connectivity index (χ0v) is 78.7. The standard InChI is InChI=1S/C15H20.C12H14N2O3.C11H12N2O3.C11H14O2S.C11H10O.C8H11N3.C7H8N2O2.C7H11N.C5H8N2.5C2H6.4CH4/c1-10(2)15-12(4)11(3)9-13-7-5-6-8-14(13)15;1-6(15)13-8-5-4-7-9(10(8)16)12(2,3)11(17)14-7;1-6(14)12-9-4-3-8-7(11(9)16)2-5-10(15)13-8;1-8(2)10-7-14(12,13)11-6-4-3-5-9(10)11;1-8-6-7-9-4-2-3-5-10(9)11(8)12;1-5-4-11-8(6(5)2)9-7(3)10-11;1-5(10)9-7-6(11)3-2-4-8-7;1-5-4-8-7(3)6(5)2;1-4-3-6-5(2)7-4;5*1-2;;;;/h5-8,13-14H,9H2,1-4H3;5H,4H2,1-3H3,(H,13,15)(H,14,17);4H,2-3,5H2,1H3,(H,12,14)(H,13,15);3-6,9,11H,7H2,1-2H3;2-6H,7H2,1H3;4H2,1-3H3;2-3H,4H2,1H3,(H,8,9,10);4H2,1-3H3;3H2,1-2H3;5*1-2H3;4*1H4. The molecule has 0 bridgehead atoms. The molecule has 7 aliphatic heterocycles. The summed E-state index contributed by atoms with van der Waals surface area (Å²) in [5.74, 6) is 3.05. The maximum Gasteiger partial charge on any atom is 0.234 e. The number of fused-ring (bicyclic) bond motifs is 4. The van der Waals surface area contributed by atoms with Gasteiger partial charge in [0.25, 0.3) is 0 Å². The van der Waals surface area contributed by atoms with Crippen LogP contribution < -0.4 is 26.6 Å². The van der Waals surface area contributed by atoms with Gasteiger partial charge in [-0.1, -0.05) is 213 Å². The first-order valence-corrected chi connectivity index (χ1v) is 44.1. The molecule has 4 unspecified atom stereocenters. The Morgan fingerprint density at radius 1 is 0.560 bits per heavy atom. The summed E-state index contributed by atoms with van der Waals surface area (Å²) < 4.78 is 25.5. The zero-order valence-electron chi connectivity index (χ0n) is 77.9. The molecule has 13 aliphatic rings. The number of carbonyl (C=O) groups excluding carboxylic acids is 9. The number of rotatable bonds is 2. The minimum absolute atomic E-state index is 0. The Bertz CT molecular complexity index is 4920. The van der Waals surface area contributed by atoms with E-state index < -0.39 is 15.3 Å². The number of nitrogens with zero attached hydrogens (tertiary/aromatic N) is 7. The second-order valence-corrected chi connectivity index (χ2v) is 32.1. The molecule has 15 rings (SSSR count). The predicted molar refractivity (Wildman–Crippen MR) is 523 cm³/mol. The van der Waals surface area contributed by atoms with Crippen LogP contribution in [0.15, 0.2) is 213 Å². The van der Waals surface area contributed by atoms with Crippen molar-refractivity contribution < 1.29 is 51.6 Å². The summed E-state index contributed by atoms with van der Waals surface area (Å²) in [4.78, 5) is 122. The molecule has 1 aromatic carbocycles. The van der Waals surface area contributed by atoms with Crippen molar-refractivity contribution in [3.63, 3.8) is 0 Å². The topological polar surface area (TPSA) is 328 Å². The van der Waals surface area contributed by atoms with Crippen LogP contribution in [0.25, 0.3) is 5.57 Å². The van der Waals surface area contributed by atoms with Gasteiger partial charge in [-0.3, -0.25) is 58.1 Å². The SMILES string of the molecule is C.C.C.C.CC.CC.CC.CC.CC.CC(=O)NC1=CCC2=C(C1=O)C(C)(C)C(=O)N2.CC(=O)NC1=CCC2=C(CCC(=O)N2)C1=O.CC(=O)NC1=NCC=CC1=O.CC(C)=C1C(C)=C(C)CC2C=CC=CC12.CC(C)=C1CS(=O)(=O)C2C=CC=CC12.CC1=C(C)c2nc(C)nn2C1.CC1=CCc2ccccc2C1=O.CC1=NC(C)=NC1.CC1=NCC(C)=C1C. The summed E-state index contributed by atoms with van der Waals surface area (Å²) in [5, 5.41) is 16.7. The van der Waals surface area contributed by atoms with Crippen molar-refractivity contribution in [2.75, 3.05) is 25.4 Å². The number of Topliss-reactive ketones (excluding diaryl/α,β-unsaturated/α-hetero) is 3. The summed E-state index contributed by atoms with van der Waals surface area (Å²) in [7, 11) is -2.94. The van der Waals surface area contributed by atoms with Gasteiger partial charge in [0.05, 0.1) is 54.0 Å². The van der Waals surface area contributed by atoms with E-state index in [4.69, 9.17) is 0 Å². The Balaban J connectivity index is -0.00000133. The number of aryl methyl sites for hydroxylation is 1. The van der Waals surface area contributed by atoms with Gasteiger partial charge >= 0.3 is 0 Å². The van der Waals surface area contributed by atoms with Crippen LogP contribution in [0.2, 0.25) is 0 Å². The Hall–Kier alpha value is -10.9. The van der Waals surface area contributed by atoms with E-state index >= 15 is 0 Å². The van der Waals surface area contributed by atoms with Gasteiger partial charge in [-0.2, -0.15) is 5.10 Å². The van der Waals surface area contributed by atoms with Gasteiger partial charge in [0, 0.05) is 91.4 Å². The van der Waals surface area contributed by atoms with Gasteiger partial charge in [0.1, 0.15) is 11.7 Å². The zero-order chi connectivity index (χ0) is 92.1. The number of ketones is 4. The number of sulfone groups is 1. The van der Waals surface area contributed by atoms with Crippen LogP contribution in [0.4, 0.5) is 0 Å². The molecule has 0 spiro atoms. The Morgan fingerprint density at radius 3 is 1.61 bits per heavy atom. The number of benzene rings is 1. The first-order chi connectivity index (χ1) is 57.2. The third kappa shape index (κ3) is 34.2. The molecular formula is C101H154N12O11S. The van der Waals surface area contributed by atoms with E-state index in [1.165, 1.54) is 72.4 Å². The number of amides is 5. The van der Waals surface area contributed by atoms with Crippen LogP contribution in [0.1, 0.15) is 290 Å². The highest BCUT2D eigenvalue weighted by Crippen LogP contribution is 2.43. The molecule has 0 radical (unpaired) electrons. The first-order valence-electron chi connectivity index (χ1n) is 42.4. The molecule has 690 valence electrons. The van der Waals surface area contributed by atoms with Gasteiger partial charge in [0.15, 0.2) is 27.3 Å². The summed E-state index contributed by atoms with van der Waals surface area (Å²) in [6, 6.07) is 7.79. The van der Waals surface area contributed by atoms with Crippen LogP contribution in [-0.4, -0.2) is 130 Å². The average molecular weight is 1740 g/mol. The van der Waals surface area contributed by atoms with Crippen molar-refractivity contribution >= 4 is 91.2 Å². The maximum atomic E-state index is 12.2. The molecule has 1 aromatic heterocycles. The lowest BCUT2D eigenvalue weighted by Gasteiger charge is -2.34. The van der Waals surface area contributed by atoms with Crippen LogP contribution in [-0.2, 0) is 61.2 Å². The van der Waals surface area contributed by atoms with Crippen molar-refractivity contribution in [1.82, 2.24) is 41.3 Å². The highest BCUT2D eigenvalue weighted by Gasteiger charge is 2.46. The molecule has 2 aromatic rings. The predicted octanol–water partition coefficient (Wildman–Crippen LogP) is 20.6. The number of hydrogen-bond acceptors (Lipinski definition) is 17. The lowest BCUT2D eigenvalue weighted by Crippen LogP contribution is -2.35. The molecular weight excluding hydrogens is 1590 g/mol. The van der Waals surface area contributed by atoms with E-state index in [0.717, 1.165) is 77.1 Å². The number of dihydropyridines is 1. The van der Waals surface area contributed by atoms with Gasteiger partial charge in [-0.15, -0.1) is 0 Å². The van der Waals surface area contributed by atoms with Gasteiger partial charge in [-0.05, 0) is 199 Å². The normalized spacial score (nSPS) is 19.6. The quantitative estimate of drug-likeness (QED) is 0.175. The third-order valence-corrected chi connectivity index (χ3v) is 22.4. The molecule has 5 N–H and O–H groups in total. The van der Waals surface area contributed by atoms with Gasteiger partial charge in [-0.25, -0.2) is 23.1 Å². The fourth-order valence-corrected chi connectivity index (χ4v) is 16.1. The van der Waals surface area contributed by atoms with Gasteiger partial charge < -0.3 is 26.6 Å². The van der Waals surface area contributed by atoms with Crippen LogP contribution in [0.3, 0.4) is 0 Å². The molecule has 24 heteroatoms. The van der Waals surface area contributed by atoms with Crippen molar-refractivity contribution in [1.29, 1.82) is 0 Å².